The van der Waals surface area contributed by atoms with Gasteiger partial charge in [-0.3, -0.25) is 9.79 Å². The minimum atomic E-state index is -0.919. The molecule has 13 heavy (non-hydrogen) atoms. The Bertz CT molecular complexity index is 317. The van der Waals surface area contributed by atoms with E-state index in [4.69, 9.17) is 5.11 Å². The number of carboxylic acids is 1. The van der Waals surface area contributed by atoms with Crippen LogP contribution in [0.2, 0.25) is 0 Å². The molecule has 1 N–H and O–H groups in total. The van der Waals surface area contributed by atoms with Gasteiger partial charge in [-0.2, -0.15) is 0 Å². The summed E-state index contributed by atoms with van der Waals surface area (Å²) in [5.41, 5.74) is 0.902. The predicted molar refractivity (Wildman–Crippen MR) is 47.7 cm³/mol. The lowest BCUT2D eigenvalue weighted by molar-refractivity contribution is -0.671. The van der Waals surface area contributed by atoms with Gasteiger partial charge in [-0.25, -0.2) is 4.57 Å². The highest BCUT2D eigenvalue weighted by Crippen LogP contribution is 1.89. The number of aliphatic carboxylic acids is 1. The monoisotopic (exact) mass is 179 g/mol. The maximum Gasteiger partial charge on any atom is 0.325 e. The van der Waals surface area contributed by atoms with Gasteiger partial charge in [-0.1, -0.05) is 0 Å². The molecule has 0 unspecified atom stereocenters. The van der Waals surface area contributed by atoms with Crippen LogP contribution in [0.15, 0.2) is 29.5 Å². The van der Waals surface area contributed by atoms with Gasteiger partial charge in [-0.05, 0) is 0 Å². The molecule has 1 aromatic rings. The van der Waals surface area contributed by atoms with Crippen molar-refractivity contribution in [2.24, 2.45) is 12.0 Å². The second-order valence-corrected chi connectivity index (χ2v) is 2.66. The van der Waals surface area contributed by atoms with Gasteiger partial charge in [0.25, 0.3) is 0 Å². The third kappa shape index (κ3) is 3.46. The number of rotatable bonds is 3. The molecule has 0 radical (unpaired) electrons. The topological polar surface area (TPSA) is 53.5 Å². The highest BCUT2D eigenvalue weighted by atomic mass is 16.4. The van der Waals surface area contributed by atoms with Crippen LogP contribution in [0.3, 0.4) is 0 Å². The number of aryl methyl sites for hydroxylation is 1. The molecule has 1 rings (SSSR count). The Morgan fingerprint density at radius 2 is 2.23 bits per heavy atom. The average Bonchev–Trinajstić information content (AvgIpc) is 2.08. The molecule has 0 aromatic carbocycles. The van der Waals surface area contributed by atoms with Gasteiger partial charge >= 0.3 is 5.97 Å². The van der Waals surface area contributed by atoms with E-state index in [0.717, 1.165) is 5.56 Å². The average molecular weight is 179 g/mol. The molecule has 4 heteroatoms. The molecule has 1 aromatic heterocycles. The Kier molecular flexibility index (Phi) is 3.14. The van der Waals surface area contributed by atoms with Crippen LogP contribution in [0.4, 0.5) is 0 Å². The van der Waals surface area contributed by atoms with Crippen LogP contribution in [-0.2, 0) is 11.8 Å². The van der Waals surface area contributed by atoms with Gasteiger partial charge in [-0.15, -0.1) is 0 Å². The number of aliphatic imine (C=N–C) groups is 1. The highest BCUT2D eigenvalue weighted by molar-refractivity contribution is 5.81. The van der Waals surface area contributed by atoms with Crippen LogP contribution in [0.25, 0.3) is 0 Å². The van der Waals surface area contributed by atoms with Crippen molar-refractivity contribution in [2.75, 3.05) is 6.54 Å². The lowest BCUT2D eigenvalue weighted by atomic mass is 10.3. The molecular weight excluding hydrogens is 168 g/mol. The Hall–Kier alpha value is -1.71. The molecule has 0 saturated heterocycles. The SMILES string of the molecule is C[n+]1ccc(C=NCC(=O)O)cc1. The van der Waals surface area contributed by atoms with E-state index in [1.165, 1.54) is 0 Å². The number of carboxylic acid groups (broad SMARTS) is 1. The number of nitrogens with zero attached hydrogens (tertiary/aromatic N) is 2. The number of carbonyl (C=O) groups is 1. The molecule has 0 amide bonds. The van der Waals surface area contributed by atoms with Crippen LogP contribution in [0.1, 0.15) is 5.56 Å². The number of pyridine rings is 1. The fraction of sp³-hybridized carbons (Fsp3) is 0.222. The van der Waals surface area contributed by atoms with Crippen molar-refractivity contribution < 1.29 is 14.5 Å². The van der Waals surface area contributed by atoms with Crippen molar-refractivity contribution in [3.8, 4) is 0 Å². The molecule has 0 aliphatic heterocycles. The molecule has 0 atom stereocenters. The second kappa shape index (κ2) is 4.35. The van der Waals surface area contributed by atoms with E-state index < -0.39 is 5.97 Å². The van der Waals surface area contributed by atoms with Crippen molar-refractivity contribution in [2.45, 2.75) is 0 Å². The predicted octanol–water partition coefficient (Wildman–Crippen LogP) is 0.0146. The van der Waals surface area contributed by atoms with Gasteiger partial charge in [0, 0.05) is 23.9 Å². The summed E-state index contributed by atoms with van der Waals surface area (Å²) in [7, 11) is 1.91. The summed E-state index contributed by atoms with van der Waals surface area (Å²) in [6.45, 7) is -0.180. The van der Waals surface area contributed by atoms with Gasteiger partial charge in [0.15, 0.2) is 12.4 Å². The third-order valence-corrected chi connectivity index (χ3v) is 1.47. The van der Waals surface area contributed by atoms with Gasteiger partial charge in [0.05, 0.1) is 0 Å². The first-order chi connectivity index (χ1) is 6.18. The van der Waals surface area contributed by atoms with E-state index in [0.29, 0.717) is 0 Å². The Morgan fingerprint density at radius 3 is 2.77 bits per heavy atom. The largest absolute Gasteiger partial charge is 0.480 e. The summed E-state index contributed by atoms with van der Waals surface area (Å²) in [5, 5.41) is 8.32. The normalized spacial score (nSPS) is 10.5. The highest BCUT2D eigenvalue weighted by Gasteiger charge is 1.93. The summed E-state index contributed by atoms with van der Waals surface area (Å²) in [4.78, 5) is 13.9. The number of aromatic nitrogens is 1. The maximum absolute atomic E-state index is 10.1. The first-order valence-electron chi connectivity index (χ1n) is 3.85. The molecule has 0 fully saturated rings. The minimum absolute atomic E-state index is 0.180. The van der Waals surface area contributed by atoms with Crippen molar-refractivity contribution in [3.63, 3.8) is 0 Å². The summed E-state index contributed by atoms with van der Waals surface area (Å²) < 4.78 is 1.90. The number of hydrogen-bond donors (Lipinski definition) is 1. The van der Waals surface area contributed by atoms with Crippen LogP contribution >= 0.6 is 0 Å². The lowest BCUT2D eigenvalue weighted by Gasteiger charge is -1.89. The van der Waals surface area contributed by atoms with E-state index >= 15 is 0 Å². The van der Waals surface area contributed by atoms with Crippen LogP contribution in [0.5, 0.6) is 0 Å². The zero-order valence-electron chi connectivity index (χ0n) is 7.34. The van der Waals surface area contributed by atoms with Crippen molar-refractivity contribution in [1.82, 2.24) is 0 Å². The van der Waals surface area contributed by atoms with E-state index in [1.54, 1.807) is 6.21 Å². The zero-order valence-corrected chi connectivity index (χ0v) is 7.34. The van der Waals surface area contributed by atoms with Gasteiger partial charge < -0.3 is 5.11 Å². The molecule has 4 nitrogen and oxygen atoms in total. The fourth-order valence-corrected chi connectivity index (χ4v) is 0.828. The summed E-state index contributed by atoms with van der Waals surface area (Å²) in [6, 6.07) is 3.73. The fourth-order valence-electron chi connectivity index (χ4n) is 0.828. The van der Waals surface area contributed by atoms with Crippen molar-refractivity contribution >= 4 is 12.2 Å². The van der Waals surface area contributed by atoms with E-state index in [-0.39, 0.29) is 6.54 Å². The van der Waals surface area contributed by atoms with Gasteiger partial charge in [0.2, 0.25) is 0 Å². The van der Waals surface area contributed by atoms with E-state index in [9.17, 15) is 4.79 Å². The summed E-state index contributed by atoms with van der Waals surface area (Å²) in [5.74, 6) is -0.919. The summed E-state index contributed by atoms with van der Waals surface area (Å²) in [6.07, 6.45) is 5.30. The standard InChI is InChI=1S/C9H10N2O2/c1-11-4-2-8(3-5-11)6-10-7-9(12)13/h2-6H,7H2,1H3/p+1. The van der Waals surface area contributed by atoms with Gasteiger partial charge in [0.1, 0.15) is 13.6 Å². The molecular formula is C9H11N2O2+. The molecule has 0 bridgehead atoms. The Morgan fingerprint density at radius 1 is 1.62 bits per heavy atom. The van der Waals surface area contributed by atoms with Crippen LogP contribution < -0.4 is 4.57 Å². The quantitative estimate of drug-likeness (QED) is 0.525. The Labute approximate surface area is 76.2 Å². The smallest absolute Gasteiger partial charge is 0.325 e. The zero-order chi connectivity index (χ0) is 9.68. The van der Waals surface area contributed by atoms with E-state index in [1.807, 2.05) is 36.1 Å². The molecule has 68 valence electrons. The minimum Gasteiger partial charge on any atom is -0.480 e. The van der Waals surface area contributed by atoms with Crippen molar-refractivity contribution in [3.05, 3.63) is 30.1 Å². The lowest BCUT2D eigenvalue weighted by Crippen LogP contribution is -2.25. The molecule has 0 saturated carbocycles. The molecule has 1 heterocycles. The molecule has 0 spiro atoms. The van der Waals surface area contributed by atoms with E-state index in [2.05, 4.69) is 4.99 Å². The molecule has 0 aliphatic carbocycles. The second-order valence-electron chi connectivity index (χ2n) is 2.66. The Balaban J connectivity index is 2.59. The number of hydrogen-bond acceptors (Lipinski definition) is 2. The van der Waals surface area contributed by atoms with Crippen LogP contribution in [0, 0.1) is 0 Å². The summed E-state index contributed by atoms with van der Waals surface area (Å²) >= 11 is 0. The first-order valence-corrected chi connectivity index (χ1v) is 3.85. The molecule has 0 aliphatic rings. The third-order valence-electron chi connectivity index (χ3n) is 1.47. The first kappa shape index (κ1) is 9.38. The maximum atomic E-state index is 10.1. The van der Waals surface area contributed by atoms with Crippen LogP contribution in [-0.4, -0.2) is 23.8 Å². The van der Waals surface area contributed by atoms with Crippen molar-refractivity contribution in [1.29, 1.82) is 0 Å².